The third-order valence-corrected chi connectivity index (χ3v) is 6.15. The minimum absolute atomic E-state index is 0.0259. The fraction of sp³-hybridized carbons (Fsp3) is 0.304. The molecule has 7 heteroatoms. The summed E-state index contributed by atoms with van der Waals surface area (Å²) in [6.07, 6.45) is 7.03. The summed E-state index contributed by atoms with van der Waals surface area (Å²) in [6.45, 7) is 1.94. The highest BCUT2D eigenvalue weighted by molar-refractivity contribution is 5.94. The molecule has 2 fully saturated rings. The van der Waals surface area contributed by atoms with Crippen LogP contribution in [0.3, 0.4) is 0 Å². The Morgan fingerprint density at radius 2 is 1.97 bits per heavy atom. The van der Waals surface area contributed by atoms with Gasteiger partial charge < -0.3 is 10.2 Å². The van der Waals surface area contributed by atoms with Crippen LogP contribution in [0.25, 0.3) is 11.4 Å². The molecule has 2 saturated heterocycles. The van der Waals surface area contributed by atoms with Crippen molar-refractivity contribution >= 4 is 17.4 Å². The molecule has 6 nitrogen and oxygen atoms in total. The summed E-state index contributed by atoms with van der Waals surface area (Å²) in [6, 6.07) is 12.1. The van der Waals surface area contributed by atoms with E-state index in [2.05, 4.69) is 25.2 Å². The second-order valence-corrected chi connectivity index (χ2v) is 7.98. The van der Waals surface area contributed by atoms with E-state index in [1.165, 1.54) is 0 Å². The van der Waals surface area contributed by atoms with Gasteiger partial charge in [-0.25, -0.2) is 19.3 Å². The molecule has 1 N–H and O–H groups in total. The number of aromatic nitrogens is 3. The van der Waals surface area contributed by atoms with Gasteiger partial charge in [0.05, 0.1) is 18.3 Å². The van der Waals surface area contributed by atoms with Crippen molar-refractivity contribution in [3.8, 4) is 11.4 Å². The number of fused-ring (bicyclic) bond motifs is 2. The molecule has 1 aromatic carbocycles. The molecule has 30 heavy (non-hydrogen) atoms. The summed E-state index contributed by atoms with van der Waals surface area (Å²) < 4.78 is 13.2. The molecular weight excluding hydrogens is 381 g/mol. The van der Waals surface area contributed by atoms with E-state index in [9.17, 15) is 9.18 Å². The van der Waals surface area contributed by atoms with Gasteiger partial charge in [-0.05, 0) is 56.0 Å². The average molecular weight is 403 g/mol. The molecule has 2 aromatic heterocycles. The maximum atomic E-state index is 13.2. The summed E-state index contributed by atoms with van der Waals surface area (Å²) in [5, 5.41) is 3.07. The zero-order valence-electron chi connectivity index (χ0n) is 16.6. The normalized spacial score (nSPS) is 22.3. The van der Waals surface area contributed by atoms with Crippen LogP contribution in [0.4, 0.5) is 15.9 Å². The molecule has 4 heterocycles. The Labute approximate surface area is 174 Å². The lowest BCUT2D eigenvalue weighted by Gasteiger charge is -2.25. The van der Waals surface area contributed by atoms with Crippen LogP contribution in [-0.2, 0) is 4.79 Å². The van der Waals surface area contributed by atoms with Gasteiger partial charge in [0.15, 0.2) is 11.6 Å². The Bertz CT molecular complexity index is 1070. The molecule has 1 unspecified atom stereocenters. The standard InChI is InChI=1S/C23H22FN5O/c1-14-5-6-16(10-18(14)22-26-12-15(24)13-27-22)28-23(30)19-11-17-7-8-20(19)29(17)21-4-2-3-9-25-21/h2-6,9-10,12-13,17,19-20H,7-8,11H2,1H3,(H,28,30)/t17-,19+,20?/m0/s1. The first-order valence-electron chi connectivity index (χ1n) is 10.2. The second-order valence-electron chi connectivity index (χ2n) is 7.98. The number of anilines is 2. The van der Waals surface area contributed by atoms with E-state index >= 15 is 0 Å². The Morgan fingerprint density at radius 1 is 1.13 bits per heavy atom. The fourth-order valence-corrected chi connectivity index (χ4v) is 4.76. The van der Waals surface area contributed by atoms with Gasteiger partial charge in [-0.3, -0.25) is 4.79 Å². The van der Waals surface area contributed by atoms with Crippen molar-refractivity contribution in [2.24, 2.45) is 5.92 Å². The highest BCUT2D eigenvalue weighted by Gasteiger charge is 2.49. The molecule has 2 bridgehead atoms. The predicted molar refractivity (Wildman–Crippen MR) is 112 cm³/mol. The Hall–Kier alpha value is -3.35. The number of nitrogens with one attached hydrogen (secondary N) is 1. The van der Waals surface area contributed by atoms with Crippen molar-refractivity contribution in [2.45, 2.75) is 38.3 Å². The van der Waals surface area contributed by atoms with Gasteiger partial charge in [-0.1, -0.05) is 12.1 Å². The molecule has 152 valence electrons. The lowest BCUT2D eigenvalue weighted by molar-refractivity contribution is -0.120. The number of amides is 1. The van der Waals surface area contributed by atoms with E-state index in [1.54, 1.807) is 6.20 Å². The molecule has 3 atom stereocenters. The van der Waals surface area contributed by atoms with Gasteiger partial charge in [-0.15, -0.1) is 0 Å². The van der Waals surface area contributed by atoms with Crippen LogP contribution in [0.2, 0.25) is 0 Å². The van der Waals surface area contributed by atoms with Crippen LogP contribution in [0.15, 0.2) is 55.0 Å². The first kappa shape index (κ1) is 18.7. The van der Waals surface area contributed by atoms with E-state index in [0.717, 1.165) is 48.6 Å². The summed E-state index contributed by atoms with van der Waals surface area (Å²) in [5.74, 6) is 0.864. The number of carbonyl (C=O) groups excluding carboxylic acids is 1. The second kappa shape index (κ2) is 7.48. The van der Waals surface area contributed by atoms with E-state index in [4.69, 9.17) is 0 Å². The van der Waals surface area contributed by atoms with Crippen LogP contribution in [0.5, 0.6) is 0 Å². The quantitative estimate of drug-likeness (QED) is 0.713. The molecule has 0 aliphatic carbocycles. The van der Waals surface area contributed by atoms with Crippen molar-refractivity contribution in [3.63, 3.8) is 0 Å². The van der Waals surface area contributed by atoms with Crippen LogP contribution < -0.4 is 10.2 Å². The highest BCUT2D eigenvalue weighted by Crippen LogP contribution is 2.44. The minimum Gasteiger partial charge on any atom is -0.350 e. The van der Waals surface area contributed by atoms with Crippen molar-refractivity contribution < 1.29 is 9.18 Å². The number of pyridine rings is 1. The molecule has 3 aromatic rings. The number of nitrogens with zero attached hydrogens (tertiary/aromatic N) is 4. The molecule has 0 radical (unpaired) electrons. The Morgan fingerprint density at radius 3 is 2.73 bits per heavy atom. The fourth-order valence-electron chi connectivity index (χ4n) is 4.76. The van der Waals surface area contributed by atoms with Gasteiger partial charge in [0.1, 0.15) is 5.82 Å². The number of benzene rings is 1. The minimum atomic E-state index is -0.477. The number of carbonyl (C=O) groups is 1. The Balaban J connectivity index is 1.35. The maximum absolute atomic E-state index is 13.2. The SMILES string of the molecule is Cc1ccc(NC(=O)[C@@H]2C[C@@H]3CCC2N3c2ccccn2)cc1-c1ncc(F)cn1. The lowest BCUT2D eigenvalue weighted by Crippen LogP contribution is -2.35. The number of rotatable bonds is 4. The predicted octanol–water partition coefficient (Wildman–Crippen LogP) is 3.98. The molecule has 2 aliphatic heterocycles. The molecule has 2 aliphatic rings. The van der Waals surface area contributed by atoms with Gasteiger partial charge in [-0.2, -0.15) is 0 Å². The largest absolute Gasteiger partial charge is 0.350 e. The van der Waals surface area contributed by atoms with E-state index in [1.807, 2.05) is 43.3 Å². The first-order chi connectivity index (χ1) is 14.6. The number of aryl methyl sites for hydroxylation is 1. The number of hydrogen-bond donors (Lipinski definition) is 1. The molecule has 1 amide bonds. The summed E-state index contributed by atoms with van der Waals surface area (Å²) in [7, 11) is 0. The highest BCUT2D eigenvalue weighted by atomic mass is 19.1. The lowest BCUT2D eigenvalue weighted by atomic mass is 9.88. The van der Waals surface area contributed by atoms with Gasteiger partial charge in [0.25, 0.3) is 0 Å². The van der Waals surface area contributed by atoms with Crippen LogP contribution in [0, 0.1) is 18.7 Å². The van der Waals surface area contributed by atoms with Gasteiger partial charge in [0, 0.05) is 29.5 Å². The molecule has 0 spiro atoms. The summed E-state index contributed by atoms with van der Waals surface area (Å²) in [4.78, 5) is 28.1. The van der Waals surface area contributed by atoms with Crippen molar-refractivity contribution in [3.05, 3.63) is 66.4 Å². The molecule has 5 rings (SSSR count). The topological polar surface area (TPSA) is 71.0 Å². The van der Waals surface area contributed by atoms with E-state index < -0.39 is 5.82 Å². The summed E-state index contributed by atoms with van der Waals surface area (Å²) in [5.41, 5.74) is 2.43. The third-order valence-electron chi connectivity index (χ3n) is 6.15. The van der Waals surface area contributed by atoms with Crippen molar-refractivity contribution in [1.29, 1.82) is 0 Å². The smallest absolute Gasteiger partial charge is 0.229 e. The third kappa shape index (κ3) is 3.30. The van der Waals surface area contributed by atoms with Crippen molar-refractivity contribution in [2.75, 3.05) is 10.2 Å². The van der Waals surface area contributed by atoms with Crippen molar-refractivity contribution in [1.82, 2.24) is 15.0 Å². The number of halogens is 1. The zero-order valence-corrected chi connectivity index (χ0v) is 16.6. The monoisotopic (exact) mass is 403 g/mol. The maximum Gasteiger partial charge on any atom is 0.229 e. The molecule has 0 saturated carbocycles. The van der Waals surface area contributed by atoms with E-state index in [0.29, 0.717) is 17.6 Å². The number of hydrogen-bond acceptors (Lipinski definition) is 5. The average Bonchev–Trinajstić information content (AvgIpc) is 3.35. The van der Waals surface area contributed by atoms with Crippen LogP contribution in [0.1, 0.15) is 24.8 Å². The van der Waals surface area contributed by atoms with E-state index in [-0.39, 0.29) is 17.9 Å². The Kier molecular flexibility index (Phi) is 4.65. The zero-order chi connectivity index (χ0) is 20.7. The van der Waals surface area contributed by atoms with Gasteiger partial charge in [0.2, 0.25) is 5.91 Å². The first-order valence-corrected chi connectivity index (χ1v) is 10.2. The summed E-state index contributed by atoms with van der Waals surface area (Å²) >= 11 is 0. The molecular formula is C23H22FN5O. The van der Waals surface area contributed by atoms with Gasteiger partial charge >= 0.3 is 0 Å². The van der Waals surface area contributed by atoms with Crippen LogP contribution in [-0.4, -0.2) is 32.9 Å². The van der Waals surface area contributed by atoms with Crippen LogP contribution >= 0.6 is 0 Å².